The van der Waals surface area contributed by atoms with Crippen LogP contribution in [0.3, 0.4) is 0 Å². The molecular weight excluding hydrogens is 364 g/mol. The highest BCUT2D eigenvalue weighted by molar-refractivity contribution is 6.02. The summed E-state index contributed by atoms with van der Waals surface area (Å²) >= 11 is 0. The molecule has 4 heteroatoms. The van der Waals surface area contributed by atoms with Gasteiger partial charge in [-0.25, -0.2) is 0 Å². The van der Waals surface area contributed by atoms with Crippen LogP contribution in [0.1, 0.15) is 60.5 Å². The zero-order chi connectivity index (χ0) is 20.5. The predicted octanol–water partition coefficient (Wildman–Crippen LogP) is 5.44. The van der Waals surface area contributed by atoms with Crippen molar-refractivity contribution in [1.82, 2.24) is 0 Å². The number of ketones is 1. The normalized spacial score (nSPS) is 22.7. The number of benzene rings is 2. The van der Waals surface area contributed by atoms with Gasteiger partial charge in [-0.15, -0.1) is 0 Å². The Morgan fingerprint density at radius 2 is 2.03 bits per heavy atom. The summed E-state index contributed by atoms with van der Waals surface area (Å²) in [5.41, 5.74) is 3.63. The Labute approximate surface area is 172 Å². The summed E-state index contributed by atoms with van der Waals surface area (Å²) in [6, 6.07) is 11.5. The van der Waals surface area contributed by atoms with Gasteiger partial charge in [0.1, 0.15) is 22.8 Å². The number of phenolic OH excluding ortho intramolecular Hbond substituents is 1. The van der Waals surface area contributed by atoms with E-state index in [0.717, 1.165) is 24.0 Å². The van der Waals surface area contributed by atoms with Gasteiger partial charge in [0, 0.05) is 29.9 Å². The van der Waals surface area contributed by atoms with Gasteiger partial charge < -0.3 is 14.6 Å². The predicted molar refractivity (Wildman–Crippen MR) is 113 cm³/mol. The van der Waals surface area contributed by atoms with Crippen LogP contribution in [0.2, 0.25) is 0 Å². The molecule has 0 aromatic heterocycles. The fourth-order valence-corrected chi connectivity index (χ4v) is 4.73. The Hall–Kier alpha value is -2.75. The molecule has 2 aliphatic rings. The maximum atomic E-state index is 13.1. The number of hydrogen-bond acceptors (Lipinski definition) is 4. The first-order valence-electron chi connectivity index (χ1n) is 10.3. The maximum Gasteiger partial charge on any atom is 0.170 e. The summed E-state index contributed by atoms with van der Waals surface area (Å²) in [6.45, 7) is 4.21. The van der Waals surface area contributed by atoms with Crippen molar-refractivity contribution in [3.05, 3.63) is 64.7 Å². The van der Waals surface area contributed by atoms with Gasteiger partial charge in [0.15, 0.2) is 5.78 Å². The highest BCUT2D eigenvalue weighted by Crippen LogP contribution is 2.53. The third-order valence-corrected chi connectivity index (χ3v) is 6.28. The molecule has 0 saturated carbocycles. The first kappa shape index (κ1) is 19.6. The lowest BCUT2D eigenvalue weighted by Gasteiger charge is -2.41. The van der Waals surface area contributed by atoms with Crippen LogP contribution in [0.5, 0.6) is 17.2 Å². The fourth-order valence-electron chi connectivity index (χ4n) is 4.73. The van der Waals surface area contributed by atoms with Gasteiger partial charge in [-0.3, -0.25) is 4.79 Å². The number of ether oxygens (including phenoxy) is 2. The average Bonchev–Trinajstić information content (AvgIpc) is 2.72. The van der Waals surface area contributed by atoms with Crippen LogP contribution in [-0.2, 0) is 6.42 Å². The van der Waals surface area contributed by atoms with Crippen LogP contribution in [0, 0.1) is 5.92 Å². The molecule has 1 aliphatic heterocycles. The molecule has 152 valence electrons. The van der Waals surface area contributed by atoms with Crippen molar-refractivity contribution in [3.8, 4) is 17.2 Å². The topological polar surface area (TPSA) is 55.8 Å². The summed E-state index contributed by atoms with van der Waals surface area (Å²) < 4.78 is 11.9. The monoisotopic (exact) mass is 392 g/mol. The molecule has 4 rings (SSSR count). The number of rotatable bonds is 5. The van der Waals surface area contributed by atoms with Crippen LogP contribution < -0.4 is 9.47 Å². The zero-order valence-corrected chi connectivity index (χ0v) is 17.3. The SMILES string of the molecule is COc1cc(O)c(C(=O)CCc2ccccc2)c2c1C1C=C(C)CCC1C(C)O2. The molecule has 0 bridgehead atoms. The second kappa shape index (κ2) is 7.94. The fraction of sp³-hybridized carbons (Fsp3) is 0.400. The molecule has 0 radical (unpaired) electrons. The van der Waals surface area contributed by atoms with E-state index in [9.17, 15) is 9.90 Å². The molecule has 2 aromatic carbocycles. The van der Waals surface area contributed by atoms with Gasteiger partial charge in [0.2, 0.25) is 0 Å². The van der Waals surface area contributed by atoms with Gasteiger partial charge >= 0.3 is 0 Å². The average molecular weight is 392 g/mol. The third-order valence-electron chi connectivity index (χ3n) is 6.28. The Balaban J connectivity index is 1.75. The Morgan fingerprint density at radius 1 is 1.28 bits per heavy atom. The van der Waals surface area contributed by atoms with E-state index in [1.165, 1.54) is 5.57 Å². The number of methoxy groups -OCH3 is 1. The number of Topliss-reactive ketones (excluding diaryl/α,β-unsaturated/α-hetero) is 1. The van der Waals surface area contributed by atoms with Gasteiger partial charge in [-0.2, -0.15) is 0 Å². The van der Waals surface area contributed by atoms with Crippen LogP contribution in [0.25, 0.3) is 0 Å². The van der Waals surface area contributed by atoms with Crippen molar-refractivity contribution in [2.45, 2.75) is 51.6 Å². The molecule has 0 saturated heterocycles. The van der Waals surface area contributed by atoms with E-state index < -0.39 is 0 Å². The molecule has 0 amide bonds. The third kappa shape index (κ3) is 3.64. The molecule has 29 heavy (non-hydrogen) atoms. The van der Waals surface area contributed by atoms with Crippen LogP contribution >= 0.6 is 0 Å². The Kier molecular flexibility index (Phi) is 5.35. The second-order valence-corrected chi connectivity index (χ2v) is 8.19. The maximum absolute atomic E-state index is 13.1. The van der Waals surface area contributed by atoms with Crippen molar-refractivity contribution in [1.29, 1.82) is 0 Å². The van der Waals surface area contributed by atoms with E-state index in [2.05, 4.69) is 19.9 Å². The number of fused-ring (bicyclic) bond motifs is 3. The summed E-state index contributed by atoms with van der Waals surface area (Å²) in [5.74, 6) is 1.40. The van der Waals surface area contributed by atoms with Crippen molar-refractivity contribution < 1.29 is 19.4 Å². The van der Waals surface area contributed by atoms with Gasteiger partial charge in [0.05, 0.1) is 13.2 Å². The first-order valence-corrected chi connectivity index (χ1v) is 10.3. The van der Waals surface area contributed by atoms with Crippen molar-refractivity contribution in [3.63, 3.8) is 0 Å². The van der Waals surface area contributed by atoms with Crippen molar-refractivity contribution >= 4 is 5.78 Å². The number of hydrogen-bond donors (Lipinski definition) is 1. The molecule has 3 unspecified atom stereocenters. The standard InChI is InChI=1S/C25H28O4/c1-15-9-11-18-16(2)29-25-23(19(18)13-15)22(28-3)14-21(27)24(25)20(26)12-10-17-7-5-4-6-8-17/h4-8,13-14,16,18-19,27H,9-12H2,1-3H3. The molecular formula is C25H28O4. The van der Waals surface area contributed by atoms with E-state index in [-0.39, 0.29) is 23.6 Å². The van der Waals surface area contributed by atoms with E-state index in [0.29, 0.717) is 35.8 Å². The number of carbonyl (C=O) groups is 1. The summed E-state index contributed by atoms with van der Waals surface area (Å²) in [5, 5.41) is 10.7. The first-order chi connectivity index (χ1) is 14.0. The molecule has 1 heterocycles. The molecule has 0 fully saturated rings. The summed E-state index contributed by atoms with van der Waals surface area (Å²) in [4.78, 5) is 13.1. The largest absolute Gasteiger partial charge is 0.507 e. The second-order valence-electron chi connectivity index (χ2n) is 8.19. The number of carbonyl (C=O) groups excluding carboxylic acids is 1. The lowest BCUT2D eigenvalue weighted by molar-refractivity contribution is 0.0922. The summed E-state index contributed by atoms with van der Waals surface area (Å²) in [7, 11) is 1.60. The van der Waals surface area contributed by atoms with E-state index in [4.69, 9.17) is 9.47 Å². The quantitative estimate of drug-likeness (QED) is 0.544. The molecule has 0 spiro atoms. The molecule has 4 nitrogen and oxygen atoms in total. The van der Waals surface area contributed by atoms with E-state index in [1.54, 1.807) is 13.2 Å². The highest BCUT2D eigenvalue weighted by atomic mass is 16.5. The Morgan fingerprint density at radius 3 is 2.76 bits per heavy atom. The van der Waals surface area contributed by atoms with Crippen LogP contribution in [0.4, 0.5) is 0 Å². The number of phenols is 1. The van der Waals surface area contributed by atoms with Gasteiger partial charge in [-0.1, -0.05) is 42.0 Å². The van der Waals surface area contributed by atoms with E-state index >= 15 is 0 Å². The van der Waals surface area contributed by atoms with Gasteiger partial charge in [-0.05, 0) is 38.7 Å². The van der Waals surface area contributed by atoms with Gasteiger partial charge in [0.25, 0.3) is 0 Å². The van der Waals surface area contributed by atoms with E-state index in [1.807, 2.05) is 30.3 Å². The summed E-state index contributed by atoms with van der Waals surface area (Å²) in [6.07, 6.45) is 5.31. The number of aromatic hydroxyl groups is 1. The minimum atomic E-state index is -0.104. The molecule has 1 aliphatic carbocycles. The minimum Gasteiger partial charge on any atom is -0.507 e. The molecule has 2 aromatic rings. The number of allylic oxidation sites excluding steroid dienone is 2. The minimum absolute atomic E-state index is 0.0240. The smallest absolute Gasteiger partial charge is 0.170 e. The lowest BCUT2D eigenvalue weighted by Crippen LogP contribution is -2.36. The van der Waals surface area contributed by atoms with Crippen LogP contribution in [0.15, 0.2) is 48.0 Å². The Bertz CT molecular complexity index is 945. The lowest BCUT2D eigenvalue weighted by atomic mass is 9.72. The van der Waals surface area contributed by atoms with Crippen LogP contribution in [-0.4, -0.2) is 24.1 Å². The molecule has 1 N–H and O–H groups in total. The van der Waals surface area contributed by atoms with Crippen molar-refractivity contribution in [2.24, 2.45) is 5.92 Å². The highest BCUT2D eigenvalue weighted by Gasteiger charge is 2.41. The molecule has 3 atom stereocenters. The zero-order valence-electron chi connectivity index (χ0n) is 17.3. The van der Waals surface area contributed by atoms with Crippen molar-refractivity contribution in [2.75, 3.05) is 7.11 Å². The number of aryl methyl sites for hydroxylation is 1.